The summed E-state index contributed by atoms with van der Waals surface area (Å²) in [6.45, 7) is 1.92. The third-order valence-corrected chi connectivity index (χ3v) is 2.62. The molecule has 1 amide bonds. The van der Waals surface area contributed by atoms with Crippen LogP contribution in [0.15, 0.2) is 6.07 Å². The molecule has 3 nitrogen and oxygen atoms in total. The number of rotatable bonds is 2. The Kier molecular flexibility index (Phi) is 1.84. The second kappa shape index (κ2) is 2.86. The van der Waals surface area contributed by atoms with Crippen molar-refractivity contribution in [2.24, 2.45) is 5.92 Å². The fourth-order valence-corrected chi connectivity index (χ4v) is 1.66. The van der Waals surface area contributed by atoms with E-state index < -0.39 is 0 Å². The maximum Gasteiger partial charge on any atom is 0.228 e. The van der Waals surface area contributed by atoms with E-state index in [-0.39, 0.29) is 11.8 Å². The van der Waals surface area contributed by atoms with Crippen molar-refractivity contribution < 1.29 is 4.79 Å². The number of hydrogen-bond acceptors (Lipinski definition) is 3. The Balaban J connectivity index is 1.98. The topological polar surface area (TPSA) is 42.0 Å². The molecule has 0 unspecified atom stereocenters. The Morgan fingerprint density at radius 1 is 1.75 bits per heavy atom. The summed E-state index contributed by atoms with van der Waals surface area (Å²) in [4.78, 5) is 11.3. The van der Waals surface area contributed by atoms with Gasteiger partial charge in [0.05, 0.1) is 5.69 Å². The minimum atomic E-state index is 0.152. The van der Waals surface area contributed by atoms with Crippen molar-refractivity contribution in [1.82, 2.24) is 4.37 Å². The van der Waals surface area contributed by atoms with Crippen molar-refractivity contribution in [3.05, 3.63) is 11.8 Å². The van der Waals surface area contributed by atoms with E-state index in [4.69, 9.17) is 0 Å². The van der Waals surface area contributed by atoms with Gasteiger partial charge in [0.2, 0.25) is 5.91 Å². The molecule has 2 rings (SSSR count). The highest BCUT2D eigenvalue weighted by atomic mass is 32.1. The summed E-state index contributed by atoms with van der Waals surface area (Å²) in [5, 5.41) is 3.71. The first-order valence-corrected chi connectivity index (χ1v) is 4.77. The van der Waals surface area contributed by atoms with Crippen molar-refractivity contribution in [2.75, 3.05) is 5.32 Å². The first-order valence-electron chi connectivity index (χ1n) is 4.00. The molecule has 1 aliphatic carbocycles. The minimum absolute atomic E-state index is 0.152. The number of nitrogens with one attached hydrogen (secondary N) is 1. The van der Waals surface area contributed by atoms with Crippen LogP contribution in [0.2, 0.25) is 0 Å². The number of carbonyl (C=O) groups excluding carboxylic acids is 1. The first kappa shape index (κ1) is 7.73. The summed E-state index contributed by atoms with van der Waals surface area (Å²) < 4.78 is 4.08. The lowest BCUT2D eigenvalue weighted by Gasteiger charge is -1.97. The summed E-state index contributed by atoms with van der Waals surface area (Å²) in [6.07, 6.45) is 2.09. The van der Waals surface area contributed by atoms with E-state index in [1.165, 1.54) is 11.5 Å². The van der Waals surface area contributed by atoms with Crippen LogP contribution < -0.4 is 5.32 Å². The Hall–Kier alpha value is -0.900. The highest BCUT2D eigenvalue weighted by Gasteiger charge is 2.29. The van der Waals surface area contributed by atoms with Gasteiger partial charge in [-0.05, 0) is 37.4 Å². The number of nitrogens with zero attached hydrogens (tertiary/aromatic N) is 1. The van der Waals surface area contributed by atoms with E-state index in [1.807, 2.05) is 13.0 Å². The minimum Gasteiger partial charge on any atom is -0.316 e. The highest BCUT2D eigenvalue weighted by Crippen LogP contribution is 2.30. The van der Waals surface area contributed by atoms with Gasteiger partial charge in [-0.2, -0.15) is 4.37 Å². The van der Waals surface area contributed by atoms with Gasteiger partial charge in [-0.15, -0.1) is 0 Å². The molecule has 0 spiro atoms. The van der Waals surface area contributed by atoms with Gasteiger partial charge in [-0.25, -0.2) is 0 Å². The van der Waals surface area contributed by atoms with Crippen LogP contribution in [0.1, 0.15) is 18.5 Å². The van der Waals surface area contributed by atoms with Gasteiger partial charge in [0, 0.05) is 5.92 Å². The third-order valence-electron chi connectivity index (χ3n) is 1.82. The fraction of sp³-hybridized carbons (Fsp3) is 0.500. The molecule has 1 aliphatic rings. The maximum atomic E-state index is 11.3. The SMILES string of the molecule is Cc1cc(NC(=O)C2CC2)sn1. The molecule has 0 aliphatic heterocycles. The van der Waals surface area contributed by atoms with E-state index >= 15 is 0 Å². The van der Waals surface area contributed by atoms with Gasteiger partial charge in [-0.1, -0.05) is 0 Å². The second-order valence-electron chi connectivity index (χ2n) is 3.10. The fourth-order valence-electron chi connectivity index (χ4n) is 0.992. The Morgan fingerprint density at radius 2 is 2.50 bits per heavy atom. The molecule has 0 aromatic carbocycles. The van der Waals surface area contributed by atoms with E-state index in [2.05, 4.69) is 9.69 Å². The van der Waals surface area contributed by atoms with E-state index in [1.54, 1.807) is 0 Å². The number of carbonyl (C=O) groups is 1. The molecule has 0 saturated heterocycles. The van der Waals surface area contributed by atoms with Gasteiger partial charge in [0.15, 0.2) is 0 Å². The second-order valence-corrected chi connectivity index (χ2v) is 3.90. The van der Waals surface area contributed by atoms with Gasteiger partial charge < -0.3 is 5.32 Å². The molecule has 1 N–H and O–H groups in total. The lowest BCUT2D eigenvalue weighted by Crippen LogP contribution is -2.11. The predicted molar refractivity (Wildman–Crippen MR) is 48.2 cm³/mol. The lowest BCUT2D eigenvalue weighted by atomic mass is 10.4. The molecule has 64 valence electrons. The molecule has 0 bridgehead atoms. The maximum absolute atomic E-state index is 11.3. The average Bonchev–Trinajstić information content (AvgIpc) is 2.78. The standard InChI is InChI=1S/C8H10N2OS/c1-5-4-7(12-10-5)9-8(11)6-2-3-6/h4,6H,2-3H2,1H3,(H,9,11). The molecule has 4 heteroatoms. The largest absolute Gasteiger partial charge is 0.316 e. The molecule has 1 fully saturated rings. The quantitative estimate of drug-likeness (QED) is 0.757. The Bertz CT molecular complexity index is 304. The van der Waals surface area contributed by atoms with E-state index in [0.29, 0.717) is 0 Å². The number of amides is 1. The lowest BCUT2D eigenvalue weighted by molar-refractivity contribution is -0.117. The van der Waals surface area contributed by atoms with Crippen molar-refractivity contribution in [2.45, 2.75) is 19.8 Å². The zero-order chi connectivity index (χ0) is 8.55. The van der Waals surface area contributed by atoms with Crippen molar-refractivity contribution in [1.29, 1.82) is 0 Å². The smallest absolute Gasteiger partial charge is 0.228 e. The third kappa shape index (κ3) is 1.64. The molecule has 0 atom stereocenters. The van der Waals surface area contributed by atoms with Crippen LogP contribution >= 0.6 is 11.5 Å². The summed E-state index contributed by atoms with van der Waals surface area (Å²) in [5.74, 6) is 0.422. The van der Waals surface area contributed by atoms with Crippen LogP contribution in [0, 0.1) is 12.8 Å². The van der Waals surface area contributed by atoms with Crippen LogP contribution in [-0.4, -0.2) is 10.3 Å². The van der Waals surface area contributed by atoms with Crippen LogP contribution in [0.3, 0.4) is 0 Å². The number of hydrogen-bond donors (Lipinski definition) is 1. The number of aryl methyl sites for hydroxylation is 1. The van der Waals surface area contributed by atoms with Crippen molar-refractivity contribution in [3.63, 3.8) is 0 Å². The summed E-state index contributed by atoms with van der Waals surface area (Å²) in [6, 6.07) is 1.89. The molecule has 0 radical (unpaired) electrons. The van der Waals surface area contributed by atoms with Gasteiger partial charge in [-0.3, -0.25) is 4.79 Å². The van der Waals surface area contributed by atoms with Gasteiger partial charge in [0.1, 0.15) is 5.00 Å². The van der Waals surface area contributed by atoms with Gasteiger partial charge >= 0.3 is 0 Å². The molecular weight excluding hydrogens is 172 g/mol. The monoisotopic (exact) mass is 182 g/mol. The first-order chi connectivity index (χ1) is 5.75. The molecular formula is C8H10N2OS. The molecule has 1 heterocycles. The highest BCUT2D eigenvalue weighted by molar-refractivity contribution is 7.10. The molecule has 1 aromatic rings. The summed E-state index contributed by atoms with van der Waals surface area (Å²) >= 11 is 1.34. The van der Waals surface area contributed by atoms with E-state index in [0.717, 1.165) is 23.5 Å². The molecule has 1 aromatic heterocycles. The predicted octanol–water partition coefficient (Wildman–Crippen LogP) is 1.80. The van der Waals surface area contributed by atoms with Crippen LogP contribution in [0.5, 0.6) is 0 Å². The number of anilines is 1. The van der Waals surface area contributed by atoms with Crippen LogP contribution in [-0.2, 0) is 4.79 Å². The number of aromatic nitrogens is 1. The summed E-state index contributed by atoms with van der Waals surface area (Å²) in [7, 11) is 0. The zero-order valence-electron chi connectivity index (χ0n) is 6.83. The normalized spacial score (nSPS) is 16.1. The van der Waals surface area contributed by atoms with Crippen LogP contribution in [0.25, 0.3) is 0 Å². The van der Waals surface area contributed by atoms with Crippen molar-refractivity contribution in [3.8, 4) is 0 Å². The van der Waals surface area contributed by atoms with Gasteiger partial charge in [0.25, 0.3) is 0 Å². The molecule has 1 saturated carbocycles. The molecule has 12 heavy (non-hydrogen) atoms. The average molecular weight is 182 g/mol. The summed E-state index contributed by atoms with van der Waals surface area (Å²) in [5.41, 5.74) is 0.964. The Morgan fingerprint density at radius 3 is 3.00 bits per heavy atom. The van der Waals surface area contributed by atoms with Crippen LogP contribution in [0.4, 0.5) is 5.00 Å². The Labute approximate surface area is 75.0 Å². The zero-order valence-corrected chi connectivity index (χ0v) is 7.65. The van der Waals surface area contributed by atoms with E-state index in [9.17, 15) is 4.79 Å². The van der Waals surface area contributed by atoms with Crippen molar-refractivity contribution >= 4 is 22.4 Å².